The normalized spacial score (nSPS) is 34.5. The molecule has 1 radical (unpaired) electrons. The highest BCUT2D eigenvalue weighted by atomic mass is 14.9. The van der Waals surface area contributed by atoms with E-state index in [1.807, 2.05) is 0 Å². The summed E-state index contributed by atoms with van der Waals surface area (Å²) in [6.45, 7) is 6.17. The molecule has 1 N–H and O–H groups in total. The third-order valence-corrected chi connectivity index (χ3v) is 1.16. The molecule has 0 aromatic heterocycles. The summed E-state index contributed by atoms with van der Waals surface area (Å²) in [5, 5.41) is 3.21. The first-order valence-corrected chi connectivity index (χ1v) is 2.43. The summed E-state index contributed by atoms with van der Waals surface area (Å²) in [4.78, 5) is 0. The molecule has 1 atom stereocenters. The van der Waals surface area contributed by atoms with E-state index in [0.29, 0.717) is 5.92 Å². The first kappa shape index (κ1) is 4.13. The Balaban J connectivity index is 2.18. The first-order chi connectivity index (χ1) is 2.89. The van der Waals surface area contributed by atoms with Crippen LogP contribution in [0, 0.1) is 12.8 Å². The fourth-order valence-corrected chi connectivity index (χ4v) is 0.714. The lowest BCUT2D eigenvalue weighted by Crippen LogP contribution is -2.06. The van der Waals surface area contributed by atoms with Gasteiger partial charge in [0.05, 0.1) is 0 Å². The maximum Gasteiger partial charge on any atom is -0.00200 e. The van der Waals surface area contributed by atoms with Gasteiger partial charge in [0.25, 0.3) is 0 Å². The molecule has 0 bridgehead atoms. The largest absolute Gasteiger partial charge is 0.316 e. The Morgan fingerprint density at radius 2 is 2.50 bits per heavy atom. The summed E-state index contributed by atoms with van der Waals surface area (Å²) in [6.07, 6.45) is 1.26. The second-order valence-corrected chi connectivity index (χ2v) is 1.86. The van der Waals surface area contributed by atoms with Gasteiger partial charge in [0.2, 0.25) is 0 Å². The molecule has 6 heavy (non-hydrogen) atoms. The minimum Gasteiger partial charge on any atom is -0.316 e. The van der Waals surface area contributed by atoms with Gasteiger partial charge in [0, 0.05) is 0 Å². The summed E-state index contributed by atoms with van der Waals surface area (Å²) in [5.74, 6) is 0.685. The quantitative estimate of drug-likeness (QED) is 0.449. The monoisotopic (exact) mass is 84.1 g/mol. The summed E-state index contributed by atoms with van der Waals surface area (Å²) < 4.78 is 0. The number of hydrogen-bond acceptors (Lipinski definition) is 1. The van der Waals surface area contributed by atoms with Crippen LogP contribution in [-0.2, 0) is 0 Å². The zero-order valence-electron chi connectivity index (χ0n) is 3.91. The summed E-state index contributed by atoms with van der Waals surface area (Å²) in [7, 11) is 0. The SMILES string of the molecule is [CH2][C@H]1CCNC1. The Hall–Kier alpha value is -0.0400. The van der Waals surface area contributed by atoms with E-state index in [9.17, 15) is 0 Å². The topological polar surface area (TPSA) is 12.0 Å². The van der Waals surface area contributed by atoms with Crippen LogP contribution in [0.4, 0.5) is 0 Å². The predicted octanol–water partition coefficient (Wildman–Crippen LogP) is 0.430. The number of rotatable bonds is 0. The van der Waals surface area contributed by atoms with Crippen molar-refractivity contribution >= 4 is 0 Å². The Kier molecular flexibility index (Phi) is 1.10. The molecule has 1 aliphatic heterocycles. The highest BCUT2D eigenvalue weighted by molar-refractivity contribution is 4.71. The van der Waals surface area contributed by atoms with Gasteiger partial charge in [-0.15, -0.1) is 0 Å². The molecule has 0 amide bonds. The lowest BCUT2D eigenvalue weighted by Gasteiger charge is -1.90. The molecular weight excluding hydrogens is 74.1 g/mol. The number of nitrogens with one attached hydrogen (secondary N) is 1. The van der Waals surface area contributed by atoms with Crippen molar-refractivity contribution in [3.05, 3.63) is 6.92 Å². The molecule has 0 saturated carbocycles. The van der Waals surface area contributed by atoms with E-state index < -0.39 is 0 Å². The zero-order valence-corrected chi connectivity index (χ0v) is 3.91. The standard InChI is InChI=1S/C5H10N/c1-5-2-3-6-4-5/h5-6H,1-4H2/t5-/m0/s1. The average Bonchev–Trinajstić information content (AvgIpc) is 1.86. The molecule has 1 fully saturated rings. The molecule has 1 nitrogen and oxygen atoms in total. The van der Waals surface area contributed by atoms with Gasteiger partial charge in [-0.05, 0) is 32.4 Å². The van der Waals surface area contributed by atoms with Crippen molar-refractivity contribution < 1.29 is 0 Å². The van der Waals surface area contributed by atoms with Gasteiger partial charge >= 0.3 is 0 Å². The molecule has 35 valence electrons. The van der Waals surface area contributed by atoms with Crippen molar-refractivity contribution in [3.8, 4) is 0 Å². The Morgan fingerprint density at radius 1 is 1.67 bits per heavy atom. The third-order valence-electron chi connectivity index (χ3n) is 1.16. The fraction of sp³-hybridized carbons (Fsp3) is 0.800. The van der Waals surface area contributed by atoms with Crippen LogP contribution in [0.25, 0.3) is 0 Å². The molecule has 0 aromatic carbocycles. The van der Waals surface area contributed by atoms with Crippen LogP contribution in [0.2, 0.25) is 0 Å². The second-order valence-electron chi connectivity index (χ2n) is 1.86. The van der Waals surface area contributed by atoms with Crippen LogP contribution in [0.3, 0.4) is 0 Å². The lowest BCUT2D eigenvalue weighted by molar-refractivity contribution is 0.724. The van der Waals surface area contributed by atoms with Crippen LogP contribution < -0.4 is 5.32 Å². The Morgan fingerprint density at radius 3 is 2.67 bits per heavy atom. The van der Waals surface area contributed by atoms with E-state index in [4.69, 9.17) is 0 Å². The minimum absolute atomic E-state index is 0.685. The van der Waals surface area contributed by atoms with Gasteiger partial charge in [0.15, 0.2) is 0 Å². The molecule has 1 rings (SSSR count). The van der Waals surface area contributed by atoms with Crippen molar-refractivity contribution in [3.63, 3.8) is 0 Å². The lowest BCUT2D eigenvalue weighted by atomic mass is 10.2. The molecule has 0 aromatic rings. The molecule has 0 spiro atoms. The van der Waals surface area contributed by atoms with Crippen molar-refractivity contribution in [1.29, 1.82) is 0 Å². The summed E-state index contributed by atoms with van der Waals surface area (Å²) in [6, 6.07) is 0. The van der Waals surface area contributed by atoms with Crippen molar-refractivity contribution in [2.75, 3.05) is 13.1 Å². The Labute approximate surface area is 38.7 Å². The van der Waals surface area contributed by atoms with Crippen LogP contribution in [0.5, 0.6) is 0 Å². The van der Waals surface area contributed by atoms with E-state index in [2.05, 4.69) is 12.2 Å². The highest BCUT2D eigenvalue weighted by Gasteiger charge is 2.06. The zero-order chi connectivity index (χ0) is 4.41. The van der Waals surface area contributed by atoms with Gasteiger partial charge in [-0.1, -0.05) is 0 Å². The number of hydrogen-bond donors (Lipinski definition) is 1. The van der Waals surface area contributed by atoms with Crippen LogP contribution in [0.15, 0.2) is 0 Å². The molecular formula is C5H10N. The smallest absolute Gasteiger partial charge is 0.00200 e. The van der Waals surface area contributed by atoms with E-state index in [1.165, 1.54) is 13.0 Å². The van der Waals surface area contributed by atoms with E-state index in [-0.39, 0.29) is 0 Å². The van der Waals surface area contributed by atoms with Crippen LogP contribution in [0.1, 0.15) is 6.42 Å². The van der Waals surface area contributed by atoms with Gasteiger partial charge in [-0.2, -0.15) is 0 Å². The van der Waals surface area contributed by atoms with Gasteiger partial charge < -0.3 is 5.32 Å². The highest BCUT2D eigenvalue weighted by Crippen LogP contribution is 2.02. The van der Waals surface area contributed by atoms with Crippen LogP contribution >= 0.6 is 0 Å². The van der Waals surface area contributed by atoms with Crippen molar-refractivity contribution in [1.82, 2.24) is 5.32 Å². The average molecular weight is 84.1 g/mol. The third kappa shape index (κ3) is 0.716. The summed E-state index contributed by atoms with van der Waals surface area (Å²) in [5.41, 5.74) is 0. The fourth-order valence-electron chi connectivity index (χ4n) is 0.714. The minimum atomic E-state index is 0.685. The maximum atomic E-state index is 3.88. The molecule has 1 heterocycles. The van der Waals surface area contributed by atoms with Gasteiger partial charge in [-0.25, -0.2) is 0 Å². The Bertz CT molecular complexity index is 37.2. The van der Waals surface area contributed by atoms with E-state index in [0.717, 1.165) is 6.54 Å². The molecule has 1 heteroatoms. The first-order valence-electron chi connectivity index (χ1n) is 2.43. The molecule has 1 aliphatic rings. The van der Waals surface area contributed by atoms with Gasteiger partial charge in [-0.3, -0.25) is 0 Å². The maximum absolute atomic E-state index is 3.88. The molecule has 0 aliphatic carbocycles. The van der Waals surface area contributed by atoms with E-state index >= 15 is 0 Å². The second kappa shape index (κ2) is 1.61. The van der Waals surface area contributed by atoms with Gasteiger partial charge in [0.1, 0.15) is 0 Å². The predicted molar refractivity (Wildman–Crippen MR) is 26.3 cm³/mol. The van der Waals surface area contributed by atoms with Crippen molar-refractivity contribution in [2.24, 2.45) is 5.92 Å². The van der Waals surface area contributed by atoms with Crippen molar-refractivity contribution in [2.45, 2.75) is 6.42 Å². The summed E-state index contributed by atoms with van der Waals surface area (Å²) >= 11 is 0. The van der Waals surface area contributed by atoms with E-state index in [1.54, 1.807) is 0 Å². The molecule has 0 unspecified atom stereocenters. The van der Waals surface area contributed by atoms with Crippen LogP contribution in [-0.4, -0.2) is 13.1 Å². The molecule has 1 saturated heterocycles.